The highest BCUT2D eigenvalue weighted by atomic mass is 16.2. The molecule has 2 amide bonds. The van der Waals surface area contributed by atoms with Gasteiger partial charge in [-0.3, -0.25) is 9.67 Å². The molecule has 6 heteroatoms. The number of anilines is 1. The largest absolute Gasteiger partial charge is 0.322 e. The van der Waals surface area contributed by atoms with E-state index in [1.807, 2.05) is 59.1 Å². The van der Waals surface area contributed by atoms with Crippen molar-refractivity contribution in [1.29, 1.82) is 0 Å². The maximum atomic E-state index is 12.9. The molecule has 1 saturated heterocycles. The Kier molecular flexibility index (Phi) is 4.62. The Balaban J connectivity index is 1.55. The second-order valence-corrected chi connectivity index (χ2v) is 6.91. The Bertz CT molecular complexity index is 950. The van der Waals surface area contributed by atoms with Crippen LogP contribution in [0.15, 0.2) is 54.9 Å². The van der Waals surface area contributed by atoms with Crippen LogP contribution in [0.25, 0.3) is 11.3 Å². The lowest BCUT2D eigenvalue weighted by atomic mass is 10.0. The summed E-state index contributed by atoms with van der Waals surface area (Å²) in [6, 6.07) is 13.8. The molecule has 6 nitrogen and oxygen atoms in total. The lowest BCUT2D eigenvalue weighted by molar-refractivity contribution is 0.205. The summed E-state index contributed by atoms with van der Waals surface area (Å²) in [5, 5.41) is 7.31. The number of carbonyl (C=O) groups excluding carboxylic acids is 1. The van der Waals surface area contributed by atoms with E-state index in [4.69, 9.17) is 0 Å². The molecule has 1 aliphatic heterocycles. The molecule has 3 heterocycles. The molecule has 1 aliphatic rings. The lowest BCUT2D eigenvalue weighted by Gasteiger charge is -2.25. The van der Waals surface area contributed by atoms with Gasteiger partial charge in [-0.15, -0.1) is 0 Å². The SMILES string of the molecule is Cc1ccc(NC(=O)N2CCC[C@@H]2c2ccnn2C)cc1-c1ccccn1. The Morgan fingerprint density at radius 2 is 2.07 bits per heavy atom. The summed E-state index contributed by atoms with van der Waals surface area (Å²) >= 11 is 0. The molecule has 0 bridgehead atoms. The molecule has 0 aliphatic carbocycles. The molecule has 1 fully saturated rings. The van der Waals surface area contributed by atoms with Crippen molar-refractivity contribution in [2.45, 2.75) is 25.8 Å². The molecule has 1 aromatic carbocycles. The summed E-state index contributed by atoms with van der Waals surface area (Å²) < 4.78 is 1.85. The number of pyridine rings is 1. The molecular weight excluding hydrogens is 338 g/mol. The molecule has 2 aromatic heterocycles. The van der Waals surface area contributed by atoms with Crippen LogP contribution >= 0.6 is 0 Å². The summed E-state index contributed by atoms with van der Waals surface area (Å²) in [7, 11) is 1.92. The number of nitrogens with one attached hydrogen (secondary N) is 1. The van der Waals surface area contributed by atoms with E-state index < -0.39 is 0 Å². The van der Waals surface area contributed by atoms with Gasteiger partial charge in [0.25, 0.3) is 0 Å². The zero-order valence-electron chi connectivity index (χ0n) is 15.6. The zero-order valence-corrected chi connectivity index (χ0v) is 15.6. The van der Waals surface area contributed by atoms with Crippen LogP contribution in [-0.2, 0) is 7.05 Å². The predicted octanol–water partition coefficient (Wildman–Crippen LogP) is 4.16. The first-order valence-electron chi connectivity index (χ1n) is 9.21. The third kappa shape index (κ3) is 3.43. The number of benzene rings is 1. The highest BCUT2D eigenvalue weighted by molar-refractivity contribution is 5.90. The van der Waals surface area contributed by atoms with E-state index in [9.17, 15) is 4.79 Å². The predicted molar refractivity (Wildman–Crippen MR) is 105 cm³/mol. The van der Waals surface area contributed by atoms with Crippen molar-refractivity contribution in [2.24, 2.45) is 7.05 Å². The summed E-state index contributed by atoms with van der Waals surface area (Å²) in [6.45, 7) is 2.80. The van der Waals surface area contributed by atoms with Crippen molar-refractivity contribution in [3.05, 3.63) is 66.1 Å². The van der Waals surface area contributed by atoms with Crippen molar-refractivity contribution in [3.8, 4) is 11.3 Å². The fraction of sp³-hybridized carbons (Fsp3) is 0.286. The fourth-order valence-electron chi connectivity index (χ4n) is 3.72. The lowest BCUT2D eigenvalue weighted by Crippen LogP contribution is -2.35. The second kappa shape index (κ2) is 7.23. The number of urea groups is 1. The first-order chi connectivity index (χ1) is 13.1. The van der Waals surface area contributed by atoms with Crippen molar-refractivity contribution < 1.29 is 4.79 Å². The van der Waals surface area contributed by atoms with Gasteiger partial charge in [0.05, 0.1) is 17.4 Å². The highest BCUT2D eigenvalue weighted by Gasteiger charge is 2.31. The van der Waals surface area contributed by atoms with Crippen LogP contribution in [0.5, 0.6) is 0 Å². The normalized spacial score (nSPS) is 16.5. The van der Waals surface area contributed by atoms with Crippen LogP contribution in [-0.4, -0.2) is 32.2 Å². The Morgan fingerprint density at radius 3 is 2.81 bits per heavy atom. The molecule has 1 N–H and O–H groups in total. The molecule has 3 aromatic rings. The summed E-state index contributed by atoms with van der Waals surface area (Å²) in [5.41, 5.74) is 4.90. The topological polar surface area (TPSA) is 63.1 Å². The van der Waals surface area contributed by atoms with Crippen molar-refractivity contribution in [2.75, 3.05) is 11.9 Å². The summed E-state index contributed by atoms with van der Waals surface area (Å²) in [6.07, 6.45) is 5.52. The number of hydrogen-bond donors (Lipinski definition) is 1. The van der Waals surface area contributed by atoms with E-state index in [2.05, 4.69) is 22.3 Å². The van der Waals surface area contributed by atoms with Crippen molar-refractivity contribution >= 4 is 11.7 Å². The molecule has 0 radical (unpaired) electrons. The molecule has 0 saturated carbocycles. The monoisotopic (exact) mass is 361 g/mol. The number of nitrogens with zero attached hydrogens (tertiary/aromatic N) is 4. The Morgan fingerprint density at radius 1 is 1.19 bits per heavy atom. The van der Waals surface area contributed by atoms with Gasteiger partial charge in [0.2, 0.25) is 0 Å². The van der Waals surface area contributed by atoms with Crippen molar-refractivity contribution in [3.63, 3.8) is 0 Å². The second-order valence-electron chi connectivity index (χ2n) is 6.91. The number of hydrogen-bond acceptors (Lipinski definition) is 3. The third-order valence-electron chi connectivity index (χ3n) is 5.14. The van der Waals surface area contributed by atoms with Crippen LogP contribution in [0, 0.1) is 6.92 Å². The average Bonchev–Trinajstić information content (AvgIpc) is 3.32. The van der Waals surface area contributed by atoms with Gasteiger partial charge in [-0.2, -0.15) is 5.10 Å². The van der Waals surface area contributed by atoms with E-state index in [0.717, 1.165) is 47.6 Å². The van der Waals surface area contributed by atoms with Gasteiger partial charge in [0, 0.05) is 37.2 Å². The smallest absolute Gasteiger partial charge is 0.316 e. The molecule has 4 rings (SSSR count). The Hall–Kier alpha value is -3.15. The number of aromatic nitrogens is 3. The van der Waals surface area contributed by atoms with Crippen LogP contribution < -0.4 is 5.32 Å². The van der Waals surface area contributed by atoms with Crippen LogP contribution in [0.3, 0.4) is 0 Å². The Labute approximate surface area is 158 Å². The van der Waals surface area contributed by atoms with Gasteiger partial charge >= 0.3 is 6.03 Å². The first-order valence-corrected chi connectivity index (χ1v) is 9.21. The van der Waals surface area contributed by atoms with E-state index in [1.165, 1.54) is 0 Å². The number of likely N-dealkylation sites (tertiary alicyclic amines) is 1. The average molecular weight is 361 g/mol. The van der Waals surface area contributed by atoms with Crippen LogP contribution in [0.4, 0.5) is 10.5 Å². The maximum Gasteiger partial charge on any atom is 0.322 e. The summed E-state index contributed by atoms with van der Waals surface area (Å²) in [4.78, 5) is 19.3. The standard InChI is InChI=1S/C21H23N5O/c1-15-8-9-16(14-17(15)18-6-3-4-11-22-18)24-21(27)26-13-5-7-20(26)19-10-12-23-25(19)2/h3-4,6,8-12,14,20H,5,7,13H2,1-2H3,(H,24,27)/t20-/m1/s1. The third-order valence-corrected chi connectivity index (χ3v) is 5.14. The minimum atomic E-state index is -0.0745. The van der Waals surface area contributed by atoms with E-state index in [-0.39, 0.29) is 12.1 Å². The quantitative estimate of drug-likeness (QED) is 0.762. The first kappa shape index (κ1) is 17.3. The van der Waals surface area contributed by atoms with E-state index in [0.29, 0.717) is 0 Å². The molecule has 0 spiro atoms. The molecule has 138 valence electrons. The highest BCUT2D eigenvalue weighted by Crippen LogP contribution is 2.32. The van der Waals surface area contributed by atoms with Gasteiger partial charge in [0.1, 0.15) is 0 Å². The number of carbonyl (C=O) groups is 1. The minimum absolute atomic E-state index is 0.0678. The van der Waals surface area contributed by atoms with Gasteiger partial charge < -0.3 is 10.2 Å². The maximum absolute atomic E-state index is 12.9. The van der Waals surface area contributed by atoms with Gasteiger partial charge in [-0.1, -0.05) is 12.1 Å². The fourth-order valence-corrected chi connectivity index (χ4v) is 3.72. The van der Waals surface area contributed by atoms with Gasteiger partial charge in [0.15, 0.2) is 0 Å². The number of aryl methyl sites for hydroxylation is 2. The van der Waals surface area contributed by atoms with Gasteiger partial charge in [-0.25, -0.2) is 4.79 Å². The van der Waals surface area contributed by atoms with Crippen LogP contribution in [0.1, 0.15) is 30.1 Å². The van der Waals surface area contributed by atoms with Gasteiger partial charge in [-0.05, 0) is 55.7 Å². The van der Waals surface area contributed by atoms with Crippen LogP contribution in [0.2, 0.25) is 0 Å². The van der Waals surface area contributed by atoms with E-state index >= 15 is 0 Å². The number of rotatable bonds is 3. The summed E-state index contributed by atoms with van der Waals surface area (Å²) in [5.74, 6) is 0. The minimum Gasteiger partial charge on any atom is -0.316 e. The molecule has 0 unspecified atom stereocenters. The molecule has 1 atom stereocenters. The zero-order chi connectivity index (χ0) is 18.8. The van der Waals surface area contributed by atoms with E-state index in [1.54, 1.807) is 12.4 Å². The number of amides is 2. The molecular formula is C21H23N5O. The van der Waals surface area contributed by atoms with Crippen molar-refractivity contribution in [1.82, 2.24) is 19.7 Å². The molecule has 27 heavy (non-hydrogen) atoms.